The van der Waals surface area contributed by atoms with Crippen LogP contribution in [0.1, 0.15) is 45.4 Å². The van der Waals surface area contributed by atoms with Crippen molar-refractivity contribution in [1.82, 2.24) is 10.5 Å². The first-order chi connectivity index (χ1) is 9.74. The molecule has 1 rings (SSSR count). The zero-order valence-corrected chi connectivity index (χ0v) is 12.1. The first-order valence-corrected chi connectivity index (χ1v) is 6.91. The molecule has 0 atom stereocenters. The summed E-state index contributed by atoms with van der Waals surface area (Å²) in [5.74, 6) is -0.467. The van der Waals surface area contributed by atoms with Gasteiger partial charge in [0.1, 0.15) is 6.07 Å². The maximum Gasteiger partial charge on any atom is 0.352 e. The number of ether oxygens (including phenoxy) is 1. The number of carbonyl (C=O) groups is 1. The van der Waals surface area contributed by atoms with Crippen molar-refractivity contribution in [2.24, 2.45) is 10.3 Å². The highest BCUT2D eigenvalue weighted by Crippen LogP contribution is 2.17. The lowest BCUT2D eigenvalue weighted by atomic mass is 10.1. The van der Waals surface area contributed by atoms with E-state index in [4.69, 9.17) is 5.26 Å². The summed E-state index contributed by atoms with van der Waals surface area (Å²) in [7, 11) is 1.23. The summed E-state index contributed by atoms with van der Waals surface area (Å²) in [6.45, 7) is 2.83. The lowest BCUT2D eigenvalue weighted by Gasteiger charge is -2.16. The van der Waals surface area contributed by atoms with E-state index >= 15 is 0 Å². The number of esters is 1. The summed E-state index contributed by atoms with van der Waals surface area (Å²) in [5.41, 5.74) is 2.55. The molecule has 0 aromatic carbocycles. The Morgan fingerprint density at radius 3 is 2.70 bits per heavy atom. The first-order valence-electron chi connectivity index (χ1n) is 6.91. The Labute approximate surface area is 119 Å². The molecule has 0 aromatic rings. The lowest BCUT2D eigenvalue weighted by molar-refractivity contribution is -0.135. The van der Waals surface area contributed by atoms with Gasteiger partial charge in [-0.3, -0.25) is 5.01 Å². The molecule has 0 radical (unpaired) electrons. The SMILES string of the molecule is CCCCCCCCN1NN=N/C1=C(/C#N)C(=O)OC. The standard InChI is InChI=1S/C13H21N5O2/c1-3-4-5-6-7-8-9-18-12(15-16-17-18)11(10-14)13(19)20-2/h3-9H2,1-2H3,(H,15,17)/b12-11+. The molecule has 0 spiro atoms. The predicted molar refractivity (Wildman–Crippen MR) is 72.7 cm³/mol. The van der Waals surface area contributed by atoms with Gasteiger partial charge < -0.3 is 4.74 Å². The molecule has 0 aromatic heterocycles. The van der Waals surface area contributed by atoms with Gasteiger partial charge in [-0.2, -0.15) is 10.8 Å². The Morgan fingerprint density at radius 2 is 2.05 bits per heavy atom. The number of hydrogen-bond donors (Lipinski definition) is 1. The first kappa shape index (κ1) is 16.0. The number of hydrazine groups is 1. The molecule has 0 unspecified atom stereocenters. The molecule has 0 fully saturated rings. The topological polar surface area (TPSA) is 90.1 Å². The zero-order valence-electron chi connectivity index (χ0n) is 12.1. The van der Waals surface area contributed by atoms with E-state index in [0.717, 1.165) is 12.8 Å². The van der Waals surface area contributed by atoms with Crippen LogP contribution in [-0.4, -0.2) is 24.6 Å². The summed E-state index contributed by atoms with van der Waals surface area (Å²) < 4.78 is 4.56. The second-order valence-corrected chi connectivity index (χ2v) is 4.52. The van der Waals surface area contributed by atoms with Crippen LogP contribution >= 0.6 is 0 Å². The van der Waals surface area contributed by atoms with Gasteiger partial charge in [0.2, 0.25) is 0 Å². The number of carbonyl (C=O) groups excluding carboxylic acids is 1. The van der Waals surface area contributed by atoms with Crippen molar-refractivity contribution >= 4 is 5.97 Å². The van der Waals surface area contributed by atoms with Crippen LogP contribution in [0.2, 0.25) is 0 Å². The second-order valence-electron chi connectivity index (χ2n) is 4.52. The average Bonchev–Trinajstić information content (AvgIpc) is 2.91. The molecule has 1 heterocycles. The third-order valence-corrected chi connectivity index (χ3v) is 3.03. The molecule has 1 aliphatic rings. The summed E-state index contributed by atoms with van der Waals surface area (Å²) in [6, 6.07) is 1.81. The van der Waals surface area contributed by atoms with E-state index in [9.17, 15) is 4.79 Å². The van der Waals surface area contributed by atoms with Gasteiger partial charge in [-0.05, 0) is 6.42 Å². The van der Waals surface area contributed by atoms with Crippen molar-refractivity contribution in [3.8, 4) is 6.07 Å². The van der Waals surface area contributed by atoms with Crippen LogP contribution in [0, 0.1) is 11.3 Å². The number of hydrogen-bond acceptors (Lipinski definition) is 7. The molecule has 1 aliphatic heterocycles. The third kappa shape index (κ3) is 4.53. The van der Waals surface area contributed by atoms with Gasteiger partial charge in [0.05, 0.1) is 7.11 Å². The van der Waals surface area contributed by atoms with Crippen molar-refractivity contribution in [3.63, 3.8) is 0 Å². The molecule has 1 N–H and O–H groups in total. The molecular formula is C13H21N5O2. The predicted octanol–water partition coefficient (Wildman–Crippen LogP) is 2.44. The largest absolute Gasteiger partial charge is 0.465 e. The Balaban J connectivity index is 2.48. The number of nitriles is 1. The van der Waals surface area contributed by atoms with E-state index in [1.807, 2.05) is 6.07 Å². The Hall–Kier alpha value is -2.10. The van der Waals surface area contributed by atoms with Gasteiger partial charge in [0.15, 0.2) is 11.4 Å². The van der Waals surface area contributed by atoms with Crippen LogP contribution in [0.4, 0.5) is 0 Å². The van der Waals surface area contributed by atoms with E-state index in [2.05, 4.69) is 27.5 Å². The molecule has 20 heavy (non-hydrogen) atoms. The van der Waals surface area contributed by atoms with E-state index in [1.165, 1.54) is 32.8 Å². The van der Waals surface area contributed by atoms with Crippen LogP contribution in [-0.2, 0) is 9.53 Å². The van der Waals surface area contributed by atoms with Gasteiger partial charge in [0, 0.05) is 6.54 Å². The molecule has 0 amide bonds. The molecule has 7 nitrogen and oxygen atoms in total. The lowest BCUT2D eigenvalue weighted by Crippen LogP contribution is -2.31. The fourth-order valence-corrected chi connectivity index (χ4v) is 1.91. The number of nitrogens with zero attached hydrogens (tertiary/aromatic N) is 4. The number of unbranched alkanes of at least 4 members (excludes halogenated alkanes) is 5. The van der Waals surface area contributed by atoms with E-state index in [0.29, 0.717) is 6.54 Å². The average molecular weight is 279 g/mol. The van der Waals surface area contributed by atoms with E-state index in [-0.39, 0.29) is 11.4 Å². The van der Waals surface area contributed by atoms with Crippen molar-refractivity contribution in [2.75, 3.05) is 13.7 Å². The van der Waals surface area contributed by atoms with Crippen molar-refractivity contribution in [1.29, 1.82) is 5.26 Å². The van der Waals surface area contributed by atoms with Crippen molar-refractivity contribution in [2.45, 2.75) is 45.4 Å². The summed E-state index contributed by atoms with van der Waals surface area (Å²) in [4.78, 5) is 11.5. The molecule has 0 bridgehead atoms. The van der Waals surface area contributed by atoms with Crippen LogP contribution in [0.3, 0.4) is 0 Å². The second kappa shape index (κ2) is 8.91. The third-order valence-electron chi connectivity index (χ3n) is 3.03. The summed E-state index contributed by atoms with van der Waals surface area (Å²) in [6.07, 6.45) is 6.97. The van der Waals surface area contributed by atoms with Crippen LogP contribution in [0.25, 0.3) is 0 Å². The zero-order chi connectivity index (χ0) is 14.8. The van der Waals surface area contributed by atoms with Crippen LogP contribution in [0.15, 0.2) is 21.7 Å². The minimum absolute atomic E-state index is 0.132. The maximum absolute atomic E-state index is 11.5. The molecular weight excluding hydrogens is 258 g/mol. The number of nitrogens with one attached hydrogen (secondary N) is 1. The molecule has 0 aliphatic carbocycles. The Morgan fingerprint density at radius 1 is 1.35 bits per heavy atom. The van der Waals surface area contributed by atoms with E-state index < -0.39 is 5.97 Å². The highest BCUT2D eigenvalue weighted by molar-refractivity contribution is 5.93. The van der Waals surface area contributed by atoms with Gasteiger partial charge in [0.25, 0.3) is 0 Å². The smallest absolute Gasteiger partial charge is 0.352 e. The molecule has 110 valence electrons. The normalized spacial score (nSPS) is 15.8. The number of methoxy groups -OCH3 is 1. The van der Waals surface area contributed by atoms with Crippen molar-refractivity contribution in [3.05, 3.63) is 11.4 Å². The fourth-order valence-electron chi connectivity index (χ4n) is 1.91. The van der Waals surface area contributed by atoms with Gasteiger partial charge in [-0.25, -0.2) is 4.79 Å². The minimum atomic E-state index is -0.696. The van der Waals surface area contributed by atoms with Crippen LogP contribution in [0.5, 0.6) is 0 Å². The quantitative estimate of drug-likeness (QED) is 0.319. The highest BCUT2D eigenvalue weighted by atomic mass is 16.5. The Bertz CT molecular complexity index is 425. The van der Waals surface area contributed by atoms with Gasteiger partial charge in [-0.15, -0.1) is 5.11 Å². The van der Waals surface area contributed by atoms with E-state index in [1.54, 1.807) is 5.01 Å². The minimum Gasteiger partial charge on any atom is -0.465 e. The van der Waals surface area contributed by atoms with Gasteiger partial charge in [-0.1, -0.05) is 44.3 Å². The fraction of sp³-hybridized carbons (Fsp3) is 0.692. The van der Waals surface area contributed by atoms with Gasteiger partial charge >= 0.3 is 5.97 Å². The molecule has 7 heteroatoms. The Kier molecular flexibility index (Phi) is 7.11. The number of rotatable bonds is 8. The summed E-state index contributed by atoms with van der Waals surface area (Å²) in [5, 5.41) is 18.0. The monoisotopic (exact) mass is 279 g/mol. The highest BCUT2D eigenvalue weighted by Gasteiger charge is 2.24. The summed E-state index contributed by atoms with van der Waals surface area (Å²) >= 11 is 0. The molecule has 0 saturated heterocycles. The molecule has 0 saturated carbocycles. The maximum atomic E-state index is 11.5. The van der Waals surface area contributed by atoms with Crippen molar-refractivity contribution < 1.29 is 9.53 Å². The van der Waals surface area contributed by atoms with Crippen LogP contribution < -0.4 is 5.53 Å².